The van der Waals surface area contributed by atoms with Gasteiger partial charge in [-0.1, -0.05) is 67.6 Å². The predicted molar refractivity (Wildman–Crippen MR) is 103 cm³/mol. The molecule has 0 amide bonds. The van der Waals surface area contributed by atoms with Gasteiger partial charge in [0, 0.05) is 5.56 Å². The predicted octanol–water partition coefficient (Wildman–Crippen LogP) is 6.01. The first-order valence-electron chi connectivity index (χ1n) is 8.62. The molecular formula is C23H22O2. The van der Waals surface area contributed by atoms with Gasteiger partial charge in [0.1, 0.15) is 5.75 Å². The number of ether oxygens (including phenoxy) is 1. The van der Waals surface area contributed by atoms with E-state index in [9.17, 15) is 4.79 Å². The lowest BCUT2D eigenvalue weighted by atomic mass is 9.99. The van der Waals surface area contributed by atoms with Crippen LogP contribution in [0.1, 0.15) is 30.6 Å². The number of rotatable bonds is 6. The van der Waals surface area contributed by atoms with E-state index >= 15 is 0 Å². The normalized spacial score (nSPS) is 10.5. The summed E-state index contributed by atoms with van der Waals surface area (Å²) < 4.78 is 5.63. The van der Waals surface area contributed by atoms with E-state index in [2.05, 4.69) is 43.3 Å². The van der Waals surface area contributed by atoms with Crippen molar-refractivity contribution in [3.8, 4) is 28.0 Å². The Labute approximate surface area is 149 Å². The number of hydrogen-bond donors (Lipinski definition) is 0. The number of carbonyl (C=O) groups excluding carboxylic acids is 1. The van der Waals surface area contributed by atoms with Crippen molar-refractivity contribution in [1.82, 2.24) is 0 Å². The molecule has 0 aliphatic heterocycles. The second-order valence-corrected chi connectivity index (χ2v) is 6.08. The molecule has 0 saturated heterocycles. The minimum atomic E-state index is 0.0910. The van der Waals surface area contributed by atoms with E-state index in [1.807, 2.05) is 36.4 Å². The standard InChI is InChI=1S/C23H22O2/c1-3-16-25-23-14-12-22(13-15-23)21-10-8-20(9-11-21)19-6-4-18(5-7-19)17(2)24/h4-15H,3,16H2,1-2H3. The number of ketones is 1. The van der Waals surface area contributed by atoms with Crippen molar-refractivity contribution in [3.05, 3.63) is 78.4 Å². The van der Waals surface area contributed by atoms with Crippen molar-refractivity contribution < 1.29 is 9.53 Å². The molecule has 0 spiro atoms. The molecule has 126 valence electrons. The lowest BCUT2D eigenvalue weighted by molar-refractivity contribution is 0.101. The molecule has 0 bridgehead atoms. The zero-order valence-corrected chi connectivity index (χ0v) is 14.7. The van der Waals surface area contributed by atoms with E-state index in [1.54, 1.807) is 6.92 Å². The molecule has 0 aliphatic carbocycles. The Balaban J connectivity index is 1.76. The molecule has 0 heterocycles. The van der Waals surface area contributed by atoms with Gasteiger partial charge in [0.2, 0.25) is 0 Å². The fraction of sp³-hybridized carbons (Fsp3) is 0.174. The van der Waals surface area contributed by atoms with Crippen molar-refractivity contribution >= 4 is 5.78 Å². The first kappa shape index (κ1) is 17.0. The zero-order valence-electron chi connectivity index (χ0n) is 14.7. The van der Waals surface area contributed by atoms with Crippen LogP contribution < -0.4 is 4.74 Å². The van der Waals surface area contributed by atoms with Crippen LogP contribution in [0.25, 0.3) is 22.3 Å². The quantitative estimate of drug-likeness (QED) is 0.517. The molecule has 0 unspecified atom stereocenters. The lowest BCUT2D eigenvalue weighted by Crippen LogP contribution is -1.94. The second kappa shape index (κ2) is 7.80. The highest BCUT2D eigenvalue weighted by Gasteiger charge is 2.03. The summed E-state index contributed by atoms with van der Waals surface area (Å²) in [4.78, 5) is 11.4. The fourth-order valence-corrected chi connectivity index (χ4v) is 2.72. The molecule has 3 rings (SSSR count). The molecule has 2 heteroatoms. The Bertz CT molecular complexity index is 829. The Morgan fingerprint density at radius 2 is 1.12 bits per heavy atom. The summed E-state index contributed by atoms with van der Waals surface area (Å²) in [5.74, 6) is 1.00. The summed E-state index contributed by atoms with van der Waals surface area (Å²) >= 11 is 0. The van der Waals surface area contributed by atoms with Gasteiger partial charge in [-0.15, -0.1) is 0 Å². The van der Waals surface area contributed by atoms with E-state index in [0.29, 0.717) is 0 Å². The molecule has 25 heavy (non-hydrogen) atoms. The summed E-state index contributed by atoms with van der Waals surface area (Å²) in [5, 5.41) is 0. The minimum absolute atomic E-state index is 0.0910. The summed E-state index contributed by atoms with van der Waals surface area (Å²) in [6.07, 6.45) is 1.01. The summed E-state index contributed by atoms with van der Waals surface area (Å²) in [6.45, 7) is 4.43. The first-order valence-corrected chi connectivity index (χ1v) is 8.62. The number of Topliss-reactive ketones (excluding diaryl/α,β-unsaturated/α-hetero) is 1. The molecule has 0 aliphatic rings. The average molecular weight is 330 g/mol. The maximum absolute atomic E-state index is 11.4. The molecule has 2 nitrogen and oxygen atoms in total. The van der Waals surface area contributed by atoms with Gasteiger partial charge in [-0.2, -0.15) is 0 Å². The molecule has 0 saturated carbocycles. The molecule has 0 aromatic heterocycles. The van der Waals surface area contributed by atoms with E-state index in [1.165, 1.54) is 11.1 Å². The van der Waals surface area contributed by atoms with E-state index < -0.39 is 0 Å². The van der Waals surface area contributed by atoms with Gasteiger partial charge >= 0.3 is 0 Å². The maximum atomic E-state index is 11.4. The van der Waals surface area contributed by atoms with Crippen LogP contribution in [-0.4, -0.2) is 12.4 Å². The van der Waals surface area contributed by atoms with E-state index in [4.69, 9.17) is 4.74 Å². The summed E-state index contributed by atoms with van der Waals surface area (Å²) in [6, 6.07) is 24.4. The van der Waals surface area contributed by atoms with Crippen LogP contribution in [0.2, 0.25) is 0 Å². The minimum Gasteiger partial charge on any atom is -0.494 e. The largest absolute Gasteiger partial charge is 0.494 e. The average Bonchev–Trinajstić information content (AvgIpc) is 2.67. The van der Waals surface area contributed by atoms with Crippen LogP contribution in [0.4, 0.5) is 0 Å². The Morgan fingerprint density at radius 3 is 1.52 bits per heavy atom. The van der Waals surface area contributed by atoms with Gasteiger partial charge in [0.15, 0.2) is 5.78 Å². The van der Waals surface area contributed by atoms with Crippen molar-refractivity contribution in [2.45, 2.75) is 20.3 Å². The highest BCUT2D eigenvalue weighted by atomic mass is 16.5. The topological polar surface area (TPSA) is 26.3 Å². The SMILES string of the molecule is CCCOc1ccc(-c2ccc(-c3ccc(C(C)=O)cc3)cc2)cc1. The van der Waals surface area contributed by atoms with Gasteiger partial charge in [0.05, 0.1) is 6.61 Å². The van der Waals surface area contributed by atoms with Crippen molar-refractivity contribution in [2.24, 2.45) is 0 Å². The van der Waals surface area contributed by atoms with Gasteiger partial charge in [-0.3, -0.25) is 4.79 Å². The zero-order chi connectivity index (χ0) is 17.6. The third-order valence-corrected chi connectivity index (χ3v) is 4.17. The van der Waals surface area contributed by atoms with Crippen molar-refractivity contribution in [2.75, 3.05) is 6.61 Å². The maximum Gasteiger partial charge on any atom is 0.159 e. The van der Waals surface area contributed by atoms with Gasteiger partial charge in [-0.25, -0.2) is 0 Å². The van der Waals surface area contributed by atoms with Crippen molar-refractivity contribution in [1.29, 1.82) is 0 Å². The van der Waals surface area contributed by atoms with Crippen LogP contribution >= 0.6 is 0 Å². The summed E-state index contributed by atoms with van der Waals surface area (Å²) in [5.41, 5.74) is 5.33. The Morgan fingerprint density at radius 1 is 0.720 bits per heavy atom. The molecular weight excluding hydrogens is 308 g/mol. The van der Waals surface area contributed by atoms with E-state index in [0.717, 1.165) is 35.5 Å². The van der Waals surface area contributed by atoms with Gasteiger partial charge in [0.25, 0.3) is 0 Å². The van der Waals surface area contributed by atoms with Crippen LogP contribution in [0.5, 0.6) is 5.75 Å². The van der Waals surface area contributed by atoms with Crippen LogP contribution in [0.15, 0.2) is 72.8 Å². The third-order valence-electron chi connectivity index (χ3n) is 4.17. The monoisotopic (exact) mass is 330 g/mol. The second-order valence-electron chi connectivity index (χ2n) is 6.08. The smallest absolute Gasteiger partial charge is 0.159 e. The van der Waals surface area contributed by atoms with Crippen LogP contribution in [0.3, 0.4) is 0 Å². The molecule has 0 fully saturated rings. The Hall–Kier alpha value is -2.87. The van der Waals surface area contributed by atoms with E-state index in [-0.39, 0.29) is 5.78 Å². The van der Waals surface area contributed by atoms with Crippen LogP contribution in [-0.2, 0) is 0 Å². The summed E-state index contributed by atoms with van der Waals surface area (Å²) in [7, 11) is 0. The number of benzene rings is 3. The van der Waals surface area contributed by atoms with Gasteiger partial charge < -0.3 is 4.74 Å². The highest BCUT2D eigenvalue weighted by Crippen LogP contribution is 2.26. The molecule has 0 radical (unpaired) electrons. The lowest BCUT2D eigenvalue weighted by Gasteiger charge is -2.08. The number of carbonyl (C=O) groups is 1. The molecule has 3 aromatic rings. The molecule has 0 N–H and O–H groups in total. The van der Waals surface area contributed by atoms with Crippen molar-refractivity contribution in [3.63, 3.8) is 0 Å². The third kappa shape index (κ3) is 4.16. The first-order chi connectivity index (χ1) is 12.2. The highest BCUT2D eigenvalue weighted by molar-refractivity contribution is 5.94. The Kier molecular flexibility index (Phi) is 5.30. The fourth-order valence-electron chi connectivity index (χ4n) is 2.72. The number of hydrogen-bond acceptors (Lipinski definition) is 2. The van der Waals surface area contributed by atoms with Gasteiger partial charge in [-0.05, 0) is 47.7 Å². The van der Waals surface area contributed by atoms with Crippen LogP contribution in [0, 0.1) is 0 Å². The molecule has 0 atom stereocenters. The molecule has 3 aromatic carbocycles.